The van der Waals surface area contributed by atoms with Gasteiger partial charge in [-0.3, -0.25) is 4.79 Å². The van der Waals surface area contributed by atoms with Gasteiger partial charge in [-0.25, -0.2) is 4.79 Å². The molecule has 0 saturated heterocycles. The van der Waals surface area contributed by atoms with Crippen molar-refractivity contribution in [1.82, 2.24) is 0 Å². The molecular formula is C28H30O8. The van der Waals surface area contributed by atoms with Crippen LogP contribution in [-0.2, 0) is 24.5 Å². The average molecular weight is 495 g/mol. The normalized spacial score (nSPS) is 13.2. The highest BCUT2D eigenvalue weighted by Gasteiger charge is 2.31. The Labute approximate surface area is 210 Å². The van der Waals surface area contributed by atoms with Crippen LogP contribution in [0.15, 0.2) is 72.8 Å². The van der Waals surface area contributed by atoms with Crippen molar-refractivity contribution < 1.29 is 38.4 Å². The summed E-state index contributed by atoms with van der Waals surface area (Å²) in [6.45, 7) is 3.28. The van der Waals surface area contributed by atoms with Gasteiger partial charge in [0.2, 0.25) is 0 Å². The zero-order valence-corrected chi connectivity index (χ0v) is 20.7. The summed E-state index contributed by atoms with van der Waals surface area (Å²) >= 11 is 0. The van der Waals surface area contributed by atoms with Crippen LogP contribution in [0.1, 0.15) is 30.5 Å². The van der Waals surface area contributed by atoms with E-state index in [2.05, 4.69) is 11.7 Å². The Hall–Kier alpha value is -3.88. The maximum Gasteiger partial charge on any atom is 0.343 e. The molecule has 3 aromatic carbocycles. The average Bonchev–Trinajstić information content (AvgIpc) is 2.90. The SMILES string of the molecule is COC(=O)COc1ccc(C(C)(c2ccc(OCC(O)OC)cc2)c2ccc(OC(C)=O)cc2)cc1. The molecule has 0 aliphatic heterocycles. The van der Waals surface area contributed by atoms with Gasteiger partial charge in [0.05, 0.1) is 7.11 Å². The van der Waals surface area contributed by atoms with Gasteiger partial charge >= 0.3 is 11.9 Å². The lowest BCUT2D eigenvalue weighted by atomic mass is 9.71. The fraction of sp³-hybridized carbons (Fsp3) is 0.286. The van der Waals surface area contributed by atoms with Gasteiger partial charge < -0.3 is 28.8 Å². The molecule has 0 amide bonds. The van der Waals surface area contributed by atoms with Crippen molar-refractivity contribution in [2.45, 2.75) is 25.6 Å². The first-order valence-corrected chi connectivity index (χ1v) is 11.3. The number of methoxy groups -OCH3 is 2. The molecule has 2 unspecified atom stereocenters. The van der Waals surface area contributed by atoms with Gasteiger partial charge in [0.1, 0.15) is 23.9 Å². The van der Waals surface area contributed by atoms with Crippen LogP contribution in [0.5, 0.6) is 17.2 Å². The first-order valence-electron chi connectivity index (χ1n) is 11.3. The van der Waals surface area contributed by atoms with Gasteiger partial charge in [-0.15, -0.1) is 0 Å². The lowest BCUT2D eigenvalue weighted by molar-refractivity contribution is -0.143. The summed E-state index contributed by atoms with van der Waals surface area (Å²) in [4.78, 5) is 22.7. The van der Waals surface area contributed by atoms with E-state index in [4.69, 9.17) is 18.9 Å². The van der Waals surface area contributed by atoms with Gasteiger partial charge in [-0.2, -0.15) is 0 Å². The summed E-state index contributed by atoms with van der Waals surface area (Å²) in [6, 6.07) is 22.4. The van der Waals surface area contributed by atoms with E-state index < -0.39 is 17.7 Å². The van der Waals surface area contributed by atoms with Crippen LogP contribution in [0.2, 0.25) is 0 Å². The predicted molar refractivity (Wildman–Crippen MR) is 132 cm³/mol. The van der Waals surface area contributed by atoms with Crippen molar-refractivity contribution in [2.24, 2.45) is 0 Å². The summed E-state index contributed by atoms with van der Waals surface area (Å²) in [6.07, 6.45) is -1.01. The van der Waals surface area contributed by atoms with E-state index in [0.29, 0.717) is 17.2 Å². The fourth-order valence-electron chi connectivity index (χ4n) is 3.73. The molecule has 0 bridgehead atoms. The lowest BCUT2D eigenvalue weighted by Crippen LogP contribution is -2.25. The molecule has 36 heavy (non-hydrogen) atoms. The van der Waals surface area contributed by atoms with Crippen LogP contribution in [-0.4, -0.2) is 50.8 Å². The third-order valence-corrected chi connectivity index (χ3v) is 5.81. The topological polar surface area (TPSA) is 101 Å². The number of esters is 2. The quantitative estimate of drug-likeness (QED) is 0.186. The third-order valence-electron chi connectivity index (χ3n) is 5.81. The molecule has 0 radical (unpaired) electrons. The molecule has 1 N–H and O–H groups in total. The van der Waals surface area contributed by atoms with Crippen LogP contribution in [0.3, 0.4) is 0 Å². The van der Waals surface area contributed by atoms with E-state index in [1.165, 1.54) is 21.1 Å². The van der Waals surface area contributed by atoms with Crippen LogP contribution in [0.4, 0.5) is 0 Å². The molecule has 3 rings (SSSR count). The van der Waals surface area contributed by atoms with Crippen molar-refractivity contribution in [3.05, 3.63) is 89.5 Å². The number of rotatable bonds is 11. The maximum absolute atomic E-state index is 11.4. The second-order valence-corrected chi connectivity index (χ2v) is 8.16. The number of carbonyl (C=O) groups is 2. The van der Waals surface area contributed by atoms with E-state index >= 15 is 0 Å². The molecule has 8 nitrogen and oxygen atoms in total. The number of aliphatic hydroxyl groups is 1. The Morgan fingerprint density at radius 3 is 1.64 bits per heavy atom. The molecule has 0 spiro atoms. The van der Waals surface area contributed by atoms with Gasteiger partial charge in [-0.1, -0.05) is 36.4 Å². The van der Waals surface area contributed by atoms with Gasteiger partial charge in [0.25, 0.3) is 0 Å². The summed E-state index contributed by atoms with van der Waals surface area (Å²) in [5.41, 5.74) is 2.31. The first-order chi connectivity index (χ1) is 17.3. The molecule has 0 aromatic heterocycles. The van der Waals surface area contributed by atoms with E-state index in [1.807, 2.05) is 48.5 Å². The Balaban J connectivity index is 1.95. The summed E-state index contributed by atoms with van der Waals surface area (Å²) in [5, 5.41) is 9.57. The number of ether oxygens (including phenoxy) is 5. The molecule has 0 aliphatic carbocycles. The number of aliphatic hydroxyl groups excluding tert-OH is 1. The second kappa shape index (κ2) is 12.2. The van der Waals surface area contributed by atoms with Crippen molar-refractivity contribution in [1.29, 1.82) is 0 Å². The second-order valence-electron chi connectivity index (χ2n) is 8.16. The minimum Gasteiger partial charge on any atom is -0.488 e. The smallest absolute Gasteiger partial charge is 0.343 e. The molecular weight excluding hydrogens is 464 g/mol. The summed E-state index contributed by atoms with van der Waals surface area (Å²) in [5.74, 6) is 0.742. The number of carbonyl (C=O) groups excluding carboxylic acids is 2. The maximum atomic E-state index is 11.4. The van der Waals surface area contributed by atoms with Crippen molar-refractivity contribution in [2.75, 3.05) is 27.4 Å². The van der Waals surface area contributed by atoms with Gasteiger partial charge in [-0.05, 0) is 60.0 Å². The third kappa shape index (κ3) is 6.62. The standard InChI is InChI=1S/C28H30O8/c1-19(29)36-25-15-9-22(10-16-25)28(2,20-5-11-23(12-6-20)34-17-26(30)32-3)21-7-13-24(14-8-21)35-18-27(31)33-4/h5-16,26,30H,17-18H2,1-4H3. The molecule has 0 saturated carbocycles. The largest absolute Gasteiger partial charge is 0.488 e. The Morgan fingerprint density at radius 2 is 1.22 bits per heavy atom. The van der Waals surface area contributed by atoms with E-state index in [0.717, 1.165) is 16.7 Å². The molecule has 3 aromatic rings. The van der Waals surface area contributed by atoms with Crippen molar-refractivity contribution in [3.63, 3.8) is 0 Å². The van der Waals surface area contributed by atoms with Gasteiger partial charge in [0, 0.05) is 19.4 Å². The minimum atomic E-state index is -1.01. The minimum absolute atomic E-state index is 0.0117. The van der Waals surface area contributed by atoms with Crippen LogP contribution < -0.4 is 14.2 Å². The molecule has 0 heterocycles. The van der Waals surface area contributed by atoms with E-state index in [9.17, 15) is 14.7 Å². The Bertz CT molecular complexity index is 1140. The lowest BCUT2D eigenvalue weighted by Gasteiger charge is -2.32. The van der Waals surface area contributed by atoms with Crippen LogP contribution in [0, 0.1) is 0 Å². The fourth-order valence-corrected chi connectivity index (χ4v) is 3.73. The number of hydrogen-bond acceptors (Lipinski definition) is 8. The van der Waals surface area contributed by atoms with Crippen LogP contribution >= 0.6 is 0 Å². The zero-order valence-electron chi connectivity index (χ0n) is 20.7. The molecule has 0 fully saturated rings. The number of hydrogen-bond donors (Lipinski definition) is 1. The predicted octanol–water partition coefficient (Wildman–Crippen LogP) is 3.86. The van der Waals surface area contributed by atoms with Crippen LogP contribution in [0.25, 0.3) is 0 Å². The first kappa shape index (κ1) is 26.7. The summed E-state index contributed by atoms with van der Waals surface area (Å²) < 4.78 is 25.7. The Morgan fingerprint density at radius 1 is 0.778 bits per heavy atom. The molecule has 0 aliphatic rings. The summed E-state index contributed by atoms with van der Waals surface area (Å²) in [7, 11) is 2.71. The highest BCUT2D eigenvalue weighted by atomic mass is 16.6. The zero-order chi connectivity index (χ0) is 26.1. The number of benzene rings is 3. The monoisotopic (exact) mass is 494 g/mol. The Kier molecular flexibility index (Phi) is 9.05. The highest BCUT2D eigenvalue weighted by Crippen LogP contribution is 2.40. The van der Waals surface area contributed by atoms with Gasteiger partial charge in [0.15, 0.2) is 12.9 Å². The van der Waals surface area contributed by atoms with E-state index in [1.54, 1.807) is 24.3 Å². The van der Waals surface area contributed by atoms with E-state index in [-0.39, 0.29) is 19.2 Å². The highest BCUT2D eigenvalue weighted by molar-refractivity contribution is 5.71. The molecule has 190 valence electrons. The van der Waals surface area contributed by atoms with Crippen molar-refractivity contribution in [3.8, 4) is 17.2 Å². The molecule has 8 heteroatoms. The molecule has 2 atom stereocenters. The van der Waals surface area contributed by atoms with Crippen molar-refractivity contribution >= 4 is 11.9 Å².